The number of hydrogen-bond acceptors (Lipinski definition) is 1. The normalized spacial score (nSPS) is 19.8. The third-order valence-corrected chi connectivity index (χ3v) is 2.27. The topological polar surface area (TPSA) is 3.24 Å². The minimum atomic E-state index is -2.16. The molecule has 0 aromatic heterocycles. The van der Waals surface area contributed by atoms with Crippen molar-refractivity contribution in [1.82, 2.24) is 4.90 Å². The second-order valence-electron chi connectivity index (χ2n) is 3.37. The fourth-order valence-corrected chi connectivity index (χ4v) is 1.44. The predicted molar refractivity (Wildman–Crippen MR) is 52.2 cm³/mol. The molecule has 1 saturated heterocycles. The van der Waals surface area contributed by atoms with Gasteiger partial charge in [0.15, 0.2) is 0 Å². The Morgan fingerprint density at radius 3 is 2.08 bits per heavy atom. The molecule has 1 aliphatic rings. The molecule has 0 saturated carbocycles. The van der Waals surface area contributed by atoms with E-state index in [4.69, 9.17) is 0 Å². The molecule has 13 heavy (non-hydrogen) atoms. The summed E-state index contributed by atoms with van der Waals surface area (Å²) in [4.78, 5) is 1.85. The van der Waals surface area contributed by atoms with Gasteiger partial charge in [-0.3, -0.25) is 4.90 Å². The average molecular weight is 193 g/mol. The van der Waals surface area contributed by atoms with Crippen molar-refractivity contribution in [3.63, 3.8) is 0 Å². The van der Waals surface area contributed by atoms with Crippen LogP contribution in [0.5, 0.6) is 0 Å². The highest BCUT2D eigenvalue weighted by molar-refractivity contribution is 4.69. The summed E-state index contributed by atoms with van der Waals surface area (Å²) in [5.41, 5.74) is 0. The van der Waals surface area contributed by atoms with E-state index in [1.807, 2.05) is 18.7 Å². The van der Waals surface area contributed by atoms with Gasteiger partial charge in [0.05, 0.1) is 6.54 Å². The molecule has 0 radical (unpaired) electrons. The van der Waals surface area contributed by atoms with Crippen molar-refractivity contribution in [2.24, 2.45) is 5.92 Å². The quantitative estimate of drug-likeness (QED) is 0.651. The Morgan fingerprint density at radius 2 is 1.69 bits per heavy atom. The standard InChI is InChI=1S/C8H15F2N.C2H6/c1-7-2-4-11(5-3-7)6-8(9)10;1-2/h7-8H,2-6H2,1H3;1-2H3. The molecule has 0 bridgehead atoms. The molecular formula is C10H21F2N. The van der Waals surface area contributed by atoms with Crippen LogP contribution in [-0.2, 0) is 0 Å². The molecule has 1 rings (SSSR count). The molecule has 0 unspecified atom stereocenters. The molecule has 0 atom stereocenters. The Bertz CT molecular complexity index is 109. The van der Waals surface area contributed by atoms with Crippen LogP contribution in [0.4, 0.5) is 8.78 Å². The smallest absolute Gasteiger partial charge is 0.251 e. The number of piperidine rings is 1. The number of nitrogens with zero attached hydrogens (tertiary/aromatic N) is 1. The van der Waals surface area contributed by atoms with Crippen molar-refractivity contribution < 1.29 is 8.78 Å². The first-order valence-electron chi connectivity index (χ1n) is 5.19. The molecule has 3 heteroatoms. The number of likely N-dealkylation sites (tertiary alicyclic amines) is 1. The van der Waals surface area contributed by atoms with Crippen LogP contribution in [0, 0.1) is 5.92 Å². The van der Waals surface area contributed by atoms with E-state index in [2.05, 4.69) is 6.92 Å². The second-order valence-corrected chi connectivity index (χ2v) is 3.37. The zero-order chi connectivity index (χ0) is 10.3. The molecule has 0 aliphatic carbocycles. The molecule has 1 heterocycles. The first kappa shape index (κ1) is 12.8. The summed E-state index contributed by atoms with van der Waals surface area (Å²) in [6, 6.07) is 0. The summed E-state index contributed by atoms with van der Waals surface area (Å²) in [5.74, 6) is 0.726. The van der Waals surface area contributed by atoms with Crippen LogP contribution < -0.4 is 0 Å². The van der Waals surface area contributed by atoms with Gasteiger partial charge in [-0.2, -0.15) is 0 Å². The van der Waals surface area contributed by atoms with Gasteiger partial charge < -0.3 is 0 Å². The lowest BCUT2D eigenvalue weighted by atomic mass is 9.99. The number of rotatable bonds is 2. The van der Waals surface area contributed by atoms with E-state index in [1.165, 1.54) is 0 Å². The summed E-state index contributed by atoms with van der Waals surface area (Å²) in [5, 5.41) is 0. The van der Waals surface area contributed by atoms with Crippen LogP contribution in [0.15, 0.2) is 0 Å². The maximum atomic E-state index is 11.9. The zero-order valence-corrected chi connectivity index (χ0v) is 8.89. The lowest BCUT2D eigenvalue weighted by Gasteiger charge is -2.29. The second kappa shape index (κ2) is 7.25. The molecule has 1 fully saturated rings. The number of halogens is 2. The zero-order valence-electron chi connectivity index (χ0n) is 8.89. The Morgan fingerprint density at radius 1 is 1.23 bits per heavy atom. The molecule has 1 nitrogen and oxygen atoms in total. The first-order valence-corrected chi connectivity index (χ1v) is 5.19. The summed E-state index contributed by atoms with van der Waals surface area (Å²) >= 11 is 0. The van der Waals surface area contributed by atoms with E-state index in [1.54, 1.807) is 0 Å². The minimum absolute atomic E-state index is 0.0350. The summed E-state index contributed by atoms with van der Waals surface area (Å²) in [6.07, 6.45) is -0.0113. The molecule has 80 valence electrons. The third kappa shape index (κ3) is 5.97. The molecule has 0 amide bonds. The van der Waals surface area contributed by atoms with Crippen molar-refractivity contribution in [3.8, 4) is 0 Å². The van der Waals surface area contributed by atoms with Crippen molar-refractivity contribution >= 4 is 0 Å². The van der Waals surface area contributed by atoms with E-state index in [0.29, 0.717) is 0 Å². The van der Waals surface area contributed by atoms with Crippen LogP contribution in [-0.4, -0.2) is 31.0 Å². The fraction of sp³-hybridized carbons (Fsp3) is 1.00. The van der Waals surface area contributed by atoms with Crippen molar-refractivity contribution in [2.75, 3.05) is 19.6 Å². The maximum Gasteiger partial charge on any atom is 0.251 e. The van der Waals surface area contributed by atoms with Crippen molar-refractivity contribution in [3.05, 3.63) is 0 Å². The highest BCUT2D eigenvalue weighted by Crippen LogP contribution is 2.16. The SMILES string of the molecule is CC.CC1CCN(CC(F)F)CC1. The van der Waals surface area contributed by atoms with Crippen molar-refractivity contribution in [2.45, 2.75) is 40.0 Å². The van der Waals surface area contributed by atoms with Gasteiger partial charge in [-0.25, -0.2) is 8.78 Å². The van der Waals surface area contributed by atoms with Crippen LogP contribution in [0.1, 0.15) is 33.6 Å². The molecule has 0 N–H and O–H groups in total. The summed E-state index contributed by atoms with van der Waals surface area (Å²) in [7, 11) is 0. The molecular weight excluding hydrogens is 172 g/mol. The van der Waals surface area contributed by atoms with Gasteiger partial charge in [-0.05, 0) is 31.8 Å². The van der Waals surface area contributed by atoms with Gasteiger partial charge in [0.25, 0.3) is 6.43 Å². The molecule has 0 spiro atoms. The van der Waals surface area contributed by atoms with E-state index in [0.717, 1.165) is 31.8 Å². The Balaban J connectivity index is 0.000000671. The summed E-state index contributed by atoms with van der Waals surface area (Å²) in [6.45, 7) is 7.85. The highest BCUT2D eigenvalue weighted by Gasteiger charge is 2.18. The monoisotopic (exact) mass is 193 g/mol. The van der Waals surface area contributed by atoms with Crippen LogP contribution >= 0.6 is 0 Å². The lowest BCUT2D eigenvalue weighted by Crippen LogP contribution is -2.36. The number of hydrogen-bond donors (Lipinski definition) is 0. The van der Waals surface area contributed by atoms with E-state index < -0.39 is 6.43 Å². The fourth-order valence-electron chi connectivity index (χ4n) is 1.44. The van der Waals surface area contributed by atoms with Gasteiger partial charge >= 0.3 is 0 Å². The van der Waals surface area contributed by atoms with Gasteiger partial charge in [0.2, 0.25) is 0 Å². The largest absolute Gasteiger partial charge is 0.298 e. The first-order chi connectivity index (χ1) is 6.18. The van der Waals surface area contributed by atoms with Gasteiger partial charge in [0, 0.05) is 0 Å². The van der Waals surface area contributed by atoms with E-state index >= 15 is 0 Å². The molecule has 1 aliphatic heterocycles. The highest BCUT2D eigenvalue weighted by atomic mass is 19.3. The predicted octanol–water partition coefficient (Wildman–Crippen LogP) is 3.01. The van der Waals surface area contributed by atoms with E-state index in [-0.39, 0.29) is 6.54 Å². The van der Waals surface area contributed by atoms with Crippen LogP contribution in [0.2, 0.25) is 0 Å². The van der Waals surface area contributed by atoms with E-state index in [9.17, 15) is 8.78 Å². The Hall–Kier alpha value is -0.180. The Kier molecular flexibility index (Phi) is 7.14. The van der Waals surface area contributed by atoms with Crippen LogP contribution in [0.25, 0.3) is 0 Å². The average Bonchev–Trinajstić information content (AvgIpc) is 2.12. The summed E-state index contributed by atoms with van der Waals surface area (Å²) < 4.78 is 23.7. The molecule has 0 aromatic carbocycles. The number of alkyl halides is 2. The van der Waals surface area contributed by atoms with Gasteiger partial charge in [-0.1, -0.05) is 20.8 Å². The lowest BCUT2D eigenvalue weighted by molar-refractivity contribution is 0.0709. The van der Waals surface area contributed by atoms with Crippen LogP contribution in [0.3, 0.4) is 0 Å². The minimum Gasteiger partial charge on any atom is -0.298 e. The molecule has 0 aromatic rings. The van der Waals surface area contributed by atoms with Crippen molar-refractivity contribution in [1.29, 1.82) is 0 Å². The Labute approximate surface area is 80.1 Å². The van der Waals surface area contributed by atoms with Gasteiger partial charge in [-0.15, -0.1) is 0 Å². The maximum absolute atomic E-state index is 11.9. The third-order valence-electron chi connectivity index (χ3n) is 2.27. The van der Waals surface area contributed by atoms with Gasteiger partial charge in [0.1, 0.15) is 0 Å².